The molecule has 0 aromatic rings. The third-order valence-corrected chi connectivity index (χ3v) is 10.8. The summed E-state index contributed by atoms with van der Waals surface area (Å²) in [4.78, 5) is 11.1. The maximum atomic E-state index is 11.1. The SMILES string of the molecule is COC1CCC2(C)C3CCC4(C)C(CCC4[C@H](C)CCC(=O)O)C3CCC2(N)C1. The Morgan fingerprint density at radius 2 is 1.86 bits per heavy atom. The van der Waals surface area contributed by atoms with Gasteiger partial charge in [-0.05, 0) is 105 Å². The minimum Gasteiger partial charge on any atom is -0.481 e. The Balaban J connectivity index is 1.53. The van der Waals surface area contributed by atoms with Gasteiger partial charge in [-0.2, -0.15) is 0 Å². The molecule has 8 unspecified atom stereocenters. The van der Waals surface area contributed by atoms with Crippen molar-refractivity contribution in [3.63, 3.8) is 0 Å². The Labute approximate surface area is 177 Å². The number of carbonyl (C=O) groups is 1. The van der Waals surface area contributed by atoms with Crippen LogP contribution in [0, 0.1) is 40.4 Å². The minimum absolute atomic E-state index is 0.0619. The van der Waals surface area contributed by atoms with Crippen molar-refractivity contribution in [1.82, 2.24) is 0 Å². The van der Waals surface area contributed by atoms with E-state index in [1.54, 1.807) is 0 Å². The molecule has 9 atom stereocenters. The Kier molecular flexibility index (Phi) is 5.60. The highest BCUT2D eigenvalue weighted by molar-refractivity contribution is 5.66. The third-order valence-electron chi connectivity index (χ3n) is 10.8. The molecule has 0 amide bonds. The van der Waals surface area contributed by atoms with Gasteiger partial charge in [-0.25, -0.2) is 0 Å². The average molecular weight is 406 g/mol. The molecule has 4 saturated carbocycles. The van der Waals surface area contributed by atoms with Crippen molar-refractivity contribution in [1.29, 1.82) is 0 Å². The van der Waals surface area contributed by atoms with E-state index in [2.05, 4.69) is 20.8 Å². The van der Waals surface area contributed by atoms with Crippen LogP contribution in [0.5, 0.6) is 0 Å². The van der Waals surface area contributed by atoms with Crippen LogP contribution in [0.25, 0.3) is 0 Å². The van der Waals surface area contributed by atoms with E-state index in [0.29, 0.717) is 29.8 Å². The smallest absolute Gasteiger partial charge is 0.303 e. The van der Waals surface area contributed by atoms with Gasteiger partial charge < -0.3 is 15.6 Å². The van der Waals surface area contributed by atoms with Crippen molar-refractivity contribution in [3.05, 3.63) is 0 Å². The van der Waals surface area contributed by atoms with E-state index < -0.39 is 5.97 Å². The maximum absolute atomic E-state index is 11.1. The quantitative estimate of drug-likeness (QED) is 0.656. The van der Waals surface area contributed by atoms with Gasteiger partial charge in [-0.3, -0.25) is 4.79 Å². The van der Waals surface area contributed by atoms with Gasteiger partial charge >= 0.3 is 5.97 Å². The highest BCUT2D eigenvalue weighted by Crippen LogP contribution is 2.68. The van der Waals surface area contributed by atoms with Crippen molar-refractivity contribution in [2.45, 2.75) is 103 Å². The monoisotopic (exact) mass is 405 g/mol. The molecule has 4 heteroatoms. The second-order valence-electron chi connectivity index (χ2n) is 11.7. The number of carboxylic acid groups (broad SMARTS) is 1. The number of hydrogen-bond acceptors (Lipinski definition) is 3. The molecule has 0 radical (unpaired) electrons. The number of methoxy groups -OCH3 is 1. The number of hydrogen-bond donors (Lipinski definition) is 2. The summed E-state index contributed by atoms with van der Waals surface area (Å²) < 4.78 is 5.73. The molecular weight excluding hydrogens is 362 g/mol. The zero-order valence-corrected chi connectivity index (χ0v) is 19.1. The summed E-state index contributed by atoms with van der Waals surface area (Å²) in [5.41, 5.74) is 7.73. The molecule has 0 spiro atoms. The fourth-order valence-corrected chi connectivity index (χ4v) is 9.03. The van der Waals surface area contributed by atoms with Gasteiger partial charge in [0.1, 0.15) is 0 Å². The van der Waals surface area contributed by atoms with Gasteiger partial charge in [0.05, 0.1) is 6.10 Å². The van der Waals surface area contributed by atoms with E-state index >= 15 is 0 Å². The van der Waals surface area contributed by atoms with Crippen molar-refractivity contribution in [3.8, 4) is 0 Å². The van der Waals surface area contributed by atoms with Crippen LogP contribution >= 0.6 is 0 Å². The van der Waals surface area contributed by atoms with Crippen LogP contribution in [0.2, 0.25) is 0 Å². The first kappa shape index (κ1) is 21.6. The summed E-state index contributed by atoms with van der Waals surface area (Å²) in [7, 11) is 1.85. The molecule has 3 N–H and O–H groups in total. The number of aliphatic carboxylic acids is 1. The first-order valence-corrected chi connectivity index (χ1v) is 12.2. The number of carboxylic acids is 1. The fourth-order valence-electron chi connectivity index (χ4n) is 9.03. The molecule has 4 aliphatic rings. The Morgan fingerprint density at radius 1 is 1.10 bits per heavy atom. The lowest BCUT2D eigenvalue weighted by Crippen LogP contribution is -2.67. The van der Waals surface area contributed by atoms with E-state index in [9.17, 15) is 4.79 Å². The van der Waals surface area contributed by atoms with E-state index in [4.69, 9.17) is 15.6 Å². The van der Waals surface area contributed by atoms with Crippen LogP contribution < -0.4 is 5.73 Å². The molecular formula is C25H43NO3. The standard InChI is InChI=1S/C25H43NO3/c1-16(5-8-22(27)28)19-6-7-20-18-10-14-25(26)15-17(29-4)9-13-24(25,3)21(18)11-12-23(19,20)2/h16-21H,5-15,26H2,1-4H3,(H,27,28)/t16-,17?,18?,19?,20?,21?,23?,24?,25?/m1/s1. The lowest BCUT2D eigenvalue weighted by Gasteiger charge is -2.65. The van der Waals surface area contributed by atoms with E-state index in [1.807, 2.05) is 7.11 Å². The summed E-state index contributed by atoms with van der Waals surface area (Å²) in [6, 6.07) is 0. The summed E-state index contributed by atoms with van der Waals surface area (Å²) in [6.45, 7) is 7.38. The summed E-state index contributed by atoms with van der Waals surface area (Å²) in [5, 5.41) is 9.13. The molecule has 4 fully saturated rings. The first-order chi connectivity index (χ1) is 13.6. The average Bonchev–Trinajstić information content (AvgIpc) is 3.03. The van der Waals surface area contributed by atoms with Gasteiger partial charge in [0.25, 0.3) is 0 Å². The molecule has 0 bridgehead atoms. The largest absolute Gasteiger partial charge is 0.481 e. The van der Waals surface area contributed by atoms with Crippen molar-refractivity contribution >= 4 is 5.97 Å². The van der Waals surface area contributed by atoms with Gasteiger partial charge in [0.2, 0.25) is 0 Å². The van der Waals surface area contributed by atoms with E-state index in [1.165, 1.54) is 38.5 Å². The predicted molar refractivity (Wildman–Crippen MR) is 115 cm³/mol. The lowest BCUT2D eigenvalue weighted by atomic mass is 9.42. The van der Waals surface area contributed by atoms with Gasteiger partial charge in [-0.15, -0.1) is 0 Å². The first-order valence-electron chi connectivity index (χ1n) is 12.2. The van der Waals surface area contributed by atoms with Crippen LogP contribution in [0.3, 0.4) is 0 Å². The van der Waals surface area contributed by atoms with Crippen LogP contribution in [0.4, 0.5) is 0 Å². The molecule has 4 nitrogen and oxygen atoms in total. The number of nitrogens with two attached hydrogens (primary N) is 1. The molecule has 0 heterocycles. The van der Waals surface area contributed by atoms with Gasteiger partial charge in [0.15, 0.2) is 0 Å². The number of fused-ring (bicyclic) bond motifs is 5. The molecule has 0 aliphatic heterocycles. The topological polar surface area (TPSA) is 72.5 Å². The van der Waals surface area contributed by atoms with Crippen LogP contribution in [0.15, 0.2) is 0 Å². The van der Waals surface area contributed by atoms with E-state index in [-0.39, 0.29) is 11.0 Å². The van der Waals surface area contributed by atoms with Crippen LogP contribution in [0.1, 0.15) is 91.4 Å². The fraction of sp³-hybridized carbons (Fsp3) is 0.960. The van der Waals surface area contributed by atoms with E-state index in [0.717, 1.165) is 43.4 Å². The molecule has 4 aliphatic carbocycles. The lowest BCUT2D eigenvalue weighted by molar-refractivity contribution is -0.144. The Hall–Kier alpha value is -0.610. The maximum Gasteiger partial charge on any atom is 0.303 e. The highest BCUT2D eigenvalue weighted by Gasteiger charge is 2.64. The van der Waals surface area contributed by atoms with Crippen molar-refractivity contribution < 1.29 is 14.6 Å². The number of rotatable bonds is 5. The molecule has 0 aromatic heterocycles. The second-order valence-corrected chi connectivity index (χ2v) is 11.7. The summed E-state index contributed by atoms with van der Waals surface area (Å²) in [5.74, 6) is 2.93. The normalized spacial score (nSPS) is 50.3. The van der Waals surface area contributed by atoms with Gasteiger partial charge in [0, 0.05) is 19.1 Å². The summed E-state index contributed by atoms with van der Waals surface area (Å²) in [6.07, 6.45) is 12.6. The molecule has 4 rings (SSSR count). The zero-order chi connectivity index (χ0) is 21.0. The third kappa shape index (κ3) is 3.28. The van der Waals surface area contributed by atoms with Crippen LogP contribution in [-0.2, 0) is 9.53 Å². The molecule has 0 aromatic carbocycles. The van der Waals surface area contributed by atoms with Crippen molar-refractivity contribution in [2.75, 3.05) is 7.11 Å². The zero-order valence-electron chi connectivity index (χ0n) is 19.1. The Bertz CT molecular complexity index is 638. The molecule has 29 heavy (non-hydrogen) atoms. The van der Waals surface area contributed by atoms with Gasteiger partial charge in [-0.1, -0.05) is 20.8 Å². The minimum atomic E-state index is -0.647. The van der Waals surface area contributed by atoms with Crippen molar-refractivity contribution in [2.24, 2.45) is 46.2 Å². The predicted octanol–water partition coefficient (Wildman–Crippen LogP) is 5.24. The Morgan fingerprint density at radius 3 is 2.55 bits per heavy atom. The highest BCUT2D eigenvalue weighted by atomic mass is 16.5. The number of ether oxygens (including phenoxy) is 1. The van der Waals surface area contributed by atoms with Crippen LogP contribution in [-0.4, -0.2) is 29.8 Å². The second kappa shape index (κ2) is 7.51. The molecule has 166 valence electrons. The summed E-state index contributed by atoms with van der Waals surface area (Å²) >= 11 is 0. The molecule has 0 saturated heterocycles.